The Labute approximate surface area is 105 Å². The van der Waals surface area contributed by atoms with Crippen molar-refractivity contribution in [2.75, 3.05) is 38.1 Å². The van der Waals surface area contributed by atoms with E-state index in [2.05, 4.69) is 55.7 Å². The Kier molecular flexibility index (Phi) is 4.21. The Morgan fingerprint density at radius 3 is 3.06 bits per heavy atom. The molecule has 1 aromatic rings. The summed E-state index contributed by atoms with van der Waals surface area (Å²) in [4.78, 5) is 2.43. The molecule has 0 aromatic heterocycles. The SMILES string of the molecule is CNCC1CN(c2ccccc2Br)CCN1. The van der Waals surface area contributed by atoms with E-state index in [-0.39, 0.29) is 0 Å². The van der Waals surface area contributed by atoms with Gasteiger partial charge in [0, 0.05) is 36.7 Å². The number of piperazine rings is 1. The summed E-state index contributed by atoms with van der Waals surface area (Å²) >= 11 is 3.61. The van der Waals surface area contributed by atoms with Gasteiger partial charge in [-0.2, -0.15) is 0 Å². The van der Waals surface area contributed by atoms with Gasteiger partial charge >= 0.3 is 0 Å². The van der Waals surface area contributed by atoms with Gasteiger partial charge in [-0.1, -0.05) is 12.1 Å². The van der Waals surface area contributed by atoms with Crippen molar-refractivity contribution in [3.8, 4) is 0 Å². The summed E-state index contributed by atoms with van der Waals surface area (Å²) in [5.41, 5.74) is 1.30. The molecule has 0 amide bonds. The molecule has 1 atom stereocenters. The van der Waals surface area contributed by atoms with E-state index in [1.165, 1.54) is 10.2 Å². The van der Waals surface area contributed by atoms with Gasteiger partial charge in [-0.3, -0.25) is 0 Å². The number of halogens is 1. The molecule has 1 aromatic carbocycles. The summed E-state index contributed by atoms with van der Waals surface area (Å²) in [6.07, 6.45) is 0. The van der Waals surface area contributed by atoms with Crippen LogP contribution in [0.3, 0.4) is 0 Å². The summed E-state index contributed by atoms with van der Waals surface area (Å²) < 4.78 is 1.18. The van der Waals surface area contributed by atoms with Crippen LogP contribution >= 0.6 is 15.9 Å². The first-order valence-electron chi connectivity index (χ1n) is 5.68. The molecular weight excluding hydrogens is 266 g/mol. The van der Waals surface area contributed by atoms with Crippen molar-refractivity contribution in [1.29, 1.82) is 0 Å². The number of anilines is 1. The molecule has 1 fully saturated rings. The number of nitrogens with one attached hydrogen (secondary N) is 2. The zero-order valence-corrected chi connectivity index (χ0v) is 11.1. The van der Waals surface area contributed by atoms with Gasteiger partial charge in [-0.05, 0) is 35.1 Å². The van der Waals surface area contributed by atoms with E-state index in [1.807, 2.05) is 7.05 Å². The quantitative estimate of drug-likeness (QED) is 0.879. The largest absolute Gasteiger partial charge is 0.368 e. The molecule has 0 aliphatic carbocycles. The third-order valence-electron chi connectivity index (χ3n) is 2.90. The molecule has 0 spiro atoms. The van der Waals surface area contributed by atoms with Crippen molar-refractivity contribution < 1.29 is 0 Å². The molecule has 1 unspecified atom stereocenters. The van der Waals surface area contributed by atoms with Crippen LogP contribution in [0.2, 0.25) is 0 Å². The summed E-state index contributed by atoms with van der Waals surface area (Å²) in [6, 6.07) is 8.96. The number of para-hydroxylation sites is 1. The van der Waals surface area contributed by atoms with Crippen LogP contribution in [0.1, 0.15) is 0 Å². The topological polar surface area (TPSA) is 27.3 Å². The van der Waals surface area contributed by atoms with Gasteiger partial charge < -0.3 is 15.5 Å². The Bertz CT molecular complexity index is 341. The van der Waals surface area contributed by atoms with E-state index in [1.54, 1.807) is 0 Å². The number of likely N-dealkylation sites (N-methyl/N-ethyl adjacent to an activating group) is 1. The molecule has 88 valence electrons. The maximum Gasteiger partial charge on any atom is 0.0511 e. The zero-order valence-electron chi connectivity index (χ0n) is 9.54. The highest BCUT2D eigenvalue weighted by atomic mass is 79.9. The molecular formula is C12H18BrN3. The third-order valence-corrected chi connectivity index (χ3v) is 3.57. The number of nitrogens with zero attached hydrogens (tertiary/aromatic N) is 1. The van der Waals surface area contributed by atoms with Gasteiger partial charge in [0.05, 0.1) is 5.69 Å². The van der Waals surface area contributed by atoms with Crippen molar-refractivity contribution in [3.63, 3.8) is 0 Å². The fourth-order valence-corrected chi connectivity index (χ4v) is 2.67. The summed E-state index contributed by atoms with van der Waals surface area (Å²) in [5, 5.41) is 6.74. The molecule has 0 bridgehead atoms. The lowest BCUT2D eigenvalue weighted by Crippen LogP contribution is -2.54. The number of hydrogen-bond donors (Lipinski definition) is 2. The predicted molar refractivity (Wildman–Crippen MR) is 72.1 cm³/mol. The third kappa shape index (κ3) is 2.75. The van der Waals surface area contributed by atoms with Crippen LogP contribution in [0, 0.1) is 0 Å². The lowest BCUT2D eigenvalue weighted by Gasteiger charge is -2.35. The molecule has 2 rings (SSSR count). The summed E-state index contributed by atoms with van der Waals surface area (Å²) in [5.74, 6) is 0. The average Bonchev–Trinajstić information content (AvgIpc) is 2.30. The van der Waals surface area contributed by atoms with Crippen molar-refractivity contribution in [1.82, 2.24) is 10.6 Å². The van der Waals surface area contributed by atoms with E-state index in [9.17, 15) is 0 Å². The minimum absolute atomic E-state index is 0.533. The van der Waals surface area contributed by atoms with Crippen LogP contribution in [0.15, 0.2) is 28.7 Å². The first-order valence-corrected chi connectivity index (χ1v) is 6.48. The van der Waals surface area contributed by atoms with E-state index >= 15 is 0 Å². The minimum atomic E-state index is 0.533. The number of rotatable bonds is 3. The van der Waals surface area contributed by atoms with Crippen LogP contribution in [0.25, 0.3) is 0 Å². The average molecular weight is 284 g/mol. The predicted octanol–water partition coefficient (Wildman–Crippen LogP) is 1.45. The molecule has 0 saturated carbocycles. The van der Waals surface area contributed by atoms with Gasteiger partial charge in [0.25, 0.3) is 0 Å². The van der Waals surface area contributed by atoms with Crippen LogP contribution in [-0.2, 0) is 0 Å². The first kappa shape index (κ1) is 11.9. The maximum atomic E-state index is 3.61. The smallest absolute Gasteiger partial charge is 0.0511 e. The van der Waals surface area contributed by atoms with Crippen molar-refractivity contribution in [2.45, 2.75) is 6.04 Å². The van der Waals surface area contributed by atoms with Crippen molar-refractivity contribution in [2.24, 2.45) is 0 Å². The highest BCUT2D eigenvalue weighted by Crippen LogP contribution is 2.26. The Hall–Kier alpha value is -0.580. The van der Waals surface area contributed by atoms with Gasteiger partial charge in [-0.15, -0.1) is 0 Å². The van der Waals surface area contributed by atoms with Gasteiger partial charge in [0.2, 0.25) is 0 Å². The second-order valence-electron chi connectivity index (χ2n) is 4.11. The van der Waals surface area contributed by atoms with Crippen molar-refractivity contribution >= 4 is 21.6 Å². The van der Waals surface area contributed by atoms with E-state index in [0.717, 1.165) is 26.2 Å². The monoisotopic (exact) mass is 283 g/mol. The van der Waals surface area contributed by atoms with Crippen LogP contribution in [0.5, 0.6) is 0 Å². The maximum absolute atomic E-state index is 3.61. The molecule has 2 N–H and O–H groups in total. The minimum Gasteiger partial charge on any atom is -0.368 e. The molecule has 1 heterocycles. The Morgan fingerprint density at radius 2 is 2.31 bits per heavy atom. The summed E-state index contributed by atoms with van der Waals surface area (Å²) in [7, 11) is 2.00. The molecule has 1 aliphatic rings. The molecule has 1 saturated heterocycles. The van der Waals surface area contributed by atoms with E-state index in [0.29, 0.717) is 6.04 Å². The van der Waals surface area contributed by atoms with Crippen LogP contribution in [0.4, 0.5) is 5.69 Å². The molecule has 3 nitrogen and oxygen atoms in total. The van der Waals surface area contributed by atoms with E-state index in [4.69, 9.17) is 0 Å². The van der Waals surface area contributed by atoms with Gasteiger partial charge in [0.1, 0.15) is 0 Å². The Balaban J connectivity index is 2.07. The number of hydrogen-bond acceptors (Lipinski definition) is 3. The summed E-state index contributed by atoms with van der Waals surface area (Å²) in [6.45, 7) is 4.20. The van der Waals surface area contributed by atoms with E-state index < -0.39 is 0 Å². The Morgan fingerprint density at radius 1 is 1.50 bits per heavy atom. The zero-order chi connectivity index (χ0) is 11.4. The highest BCUT2D eigenvalue weighted by molar-refractivity contribution is 9.10. The lowest BCUT2D eigenvalue weighted by atomic mass is 10.2. The van der Waals surface area contributed by atoms with Gasteiger partial charge in [0.15, 0.2) is 0 Å². The second-order valence-corrected chi connectivity index (χ2v) is 4.96. The van der Waals surface area contributed by atoms with Gasteiger partial charge in [-0.25, -0.2) is 0 Å². The molecule has 0 radical (unpaired) electrons. The molecule has 4 heteroatoms. The number of benzene rings is 1. The second kappa shape index (κ2) is 5.66. The standard InChI is InChI=1S/C12H18BrN3/c1-14-8-10-9-16(7-6-15-10)12-5-3-2-4-11(12)13/h2-5,10,14-15H,6-9H2,1H3. The van der Waals surface area contributed by atoms with Crippen LogP contribution < -0.4 is 15.5 Å². The van der Waals surface area contributed by atoms with Crippen LogP contribution in [-0.4, -0.2) is 39.3 Å². The fourth-order valence-electron chi connectivity index (χ4n) is 2.14. The van der Waals surface area contributed by atoms with Crippen molar-refractivity contribution in [3.05, 3.63) is 28.7 Å². The highest BCUT2D eigenvalue weighted by Gasteiger charge is 2.19. The molecule has 1 aliphatic heterocycles. The lowest BCUT2D eigenvalue weighted by molar-refractivity contribution is 0.443. The normalized spacial score (nSPS) is 21.1. The fraction of sp³-hybridized carbons (Fsp3) is 0.500. The molecule has 16 heavy (non-hydrogen) atoms. The first-order chi connectivity index (χ1) is 7.81.